The monoisotopic (exact) mass is 506 g/mol. The van der Waals surface area contributed by atoms with Crippen molar-refractivity contribution in [1.29, 1.82) is 0 Å². The Hall–Kier alpha value is -4.32. The number of aromatic nitrogens is 3. The van der Waals surface area contributed by atoms with E-state index in [0.717, 1.165) is 47.8 Å². The molecule has 0 aliphatic carbocycles. The third-order valence-corrected chi connectivity index (χ3v) is 6.85. The largest absolute Gasteiger partial charge is 0.494 e. The van der Waals surface area contributed by atoms with Crippen molar-refractivity contribution in [3.8, 4) is 22.6 Å². The molecule has 5 aromatic rings. The van der Waals surface area contributed by atoms with Crippen LogP contribution in [-0.2, 0) is 6.42 Å². The van der Waals surface area contributed by atoms with Gasteiger partial charge < -0.3 is 18.6 Å². The summed E-state index contributed by atoms with van der Waals surface area (Å²) in [7, 11) is 1.84. The number of carbonyl (C=O) groups excluding carboxylic acids is 1. The Balaban J connectivity index is 1.26. The number of benzene rings is 2. The molecule has 0 saturated carbocycles. The molecule has 0 radical (unpaired) electrons. The predicted molar refractivity (Wildman–Crippen MR) is 152 cm³/mol. The summed E-state index contributed by atoms with van der Waals surface area (Å²) in [6, 6.07) is 24.3. The van der Waals surface area contributed by atoms with Crippen molar-refractivity contribution in [2.45, 2.75) is 33.1 Å². The number of likely N-dealkylation sites (N-methyl/N-ethyl adjacent to an activating group) is 1. The third kappa shape index (κ3) is 5.49. The van der Waals surface area contributed by atoms with Gasteiger partial charge in [0.2, 0.25) is 0 Å². The Bertz CT molecular complexity index is 1500. The molecule has 0 bridgehead atoms. The second-order valence-electron chi connectivity index (χ2n) is 9.66. The first-order valence-electron chi connectivity index (χ1n) is 13.2. The van der Waals surface area contributed by atoms with E-state index in [-0.39, 0.29) is 5.91 Å². The normalized spacial score (nSPS) is 11.1. The minimum Gasteiger partial charge on any atom is -0.494 e. The number of unbranched alkanes of at least 4 members (excludes halogenated alkanes) is 1. The Morgan fingerprint density at radius 2 is 1.84 bits per heavy atom. The van der Waals surface area contributed by atoms with Gasteiger partial charge in [-0.15, -0.1) is 0 Å². The van der Waals surface area contributed by atoms with E-state index in [0.29, 0.717) is 18.7 Å². The van der Waals surface area contributed by atoms with Crippen LogP contribution in [0.1, 0.15) is 41.5 Å². The van der Waals surface area contributed by atoms with E-state index >= 15 is 0 Å². The van der Waals surface area contributed by atoms with E-state index in [4.69, 9.17) is 4.74 Å². The molecule has 194 valence electrons. The van der Waals surface area contributed by atoms with Gasteiger partial charge in [0.1, 0.15) is 17.1 Å². The quantitative estimate of drug-likeness (QED) is 0.201. The molecular formula is C32H34N4O2. The summed E-state index contributed by atoms with van der Waals surface area (Å²) in [5.41, 5.74) is 6.97. The maximum atomic E-state index is 13.3. The summed E-state index contributed by atoms with van der Waals surface area (Å²) in [6.45, 7) is 5.61. The van der Waals surface area contributed by atoms with Gasteiger partial charge >= 0.3 is 0 Å². The standard InChI is InChI=1S/C32H34N4O2/c1-4-5-21-38-28-15-16-29(24(2)22-28)25-11-13-27(14-12-25)36-19-8-9-30(36)32(37)34(3)20-17-26-23-35-18-7-6-10-31(35)33-26/h6-16,18-19,22-23H,4-5,17,20-21H2,1-3H3. The van der Waals surface area contributed by atoms with Gasteiger partial charge in [-0.25, -0.2) is 4.98 Å². The number of ether oxygens (including phenoxy) is 1. The molecule has 0 atom stereocenters. The lowest BCUT2D eigenvalue weighted by Gasteiger charge is -2.18. The van der Waals surface area contributed by atoms with Crippen molar-refractivity contribution in [1.82, 2.24) is 18.9 Å². The third-order valence-electron chi connectivity index (χ3n) is 6.85. The van der Waals surface area contributed by atoms with E-state index < -0.39 is 0 Å². The topological polar surface area (TPSA) is 51.8 Å². The minimum atomic E-state index is -0.0163. The van der Waals surface area contributed by atoms with Crippen LogP contribution in [0.4, 0.5) is 0 Å². The summed E-state index contributed by atoms with van der Waals surface area (Å²) < 4.78 is 9.81. The van der Waals surface area contributed by atoms with Gasteiger partial charge in [0.25, 0.3) is 5.91 Å². The summed E-state index contributed by atoms with van der Waals surface area (Å²) in [5.74, 6) is 0.898. The van der Waals surface area contributed by atoms with Crippen molar-refractivity contribution in [2.24, 2.45) is 0 Å². The predicted octanol–water partition coefficient (Wildman–Crippen LogP) is 6.59. The number of pyridine rings is 1. The van der Waals surface area contributed by atoms with Crippen molar-refractivity contribution in [2.75, 3.05) is 20.2 Å². The molecule has 0 fully saturated rings. The highest BCUT2D eigenvalue weighted by Gasteiger charge is 2.17. The fourth-order valence-electron chi connectivity index (χ4n) is 4.65. The van der Waals surface area contributed by atoms with E-state index in [1.165, 1.54) is 11.1 Å². The highest BCUT2D eigenvalue weighted by Crippen LogP contribution is 2.28. The fraction of sp³-hybridized carbons (Fsp3) is 0.250. The Morgan fingerprint density at radius 3 is 2.61 bits per heavy atom. The highest BCUT2D eigenvalue weighted by molar-refractivity contribution is 5.93. The van der Waals surface area contributed by atoms with Crippen LogP contribution in [0.3, 0.4) is 0 Å². The second kappa shape index (κ2) is 11.4. The fourth-order valence-corrected chi connectivity index (χ4v) is 4.65. The van der Waals surface area contributed by atoms with Gasteiger partial charge in [0.05, 0.1) is 12.3 Å². The molecule has 6 heteroatoms. The highest BCUT2D eigenvalue weighted by atomic mass is 16.5. The number of imidazole rings is 1. The Labute approximate surface area is 224 Å². The number of hydrogen-bond acceptors (Lipinski definition) is 3. The molecule has 0 N–H and O–H groups in total. The summed E-state index contributed by atoms with van der Waals surface area (Å²) in [4.78, 5) is 19.7. The van der Waals surface area contributed by atoms with Crippen molar-refractivity contribution in [3.63, 3.8) is 0 Å². The number of hydrogen-bond donors (Lipinski definition) is 0. The molecule has 3 heterocycles. The first kappa shape index (κ1) is 25.3. The van der Waals surface area contributed by atoms with E-state index in [1.807, 2.05) is 71.0 Å². The Kier molecular flexibility index (Phi) is 7.59. The van der Waals surface area contributed by atoms with Crippen molar-refractivity contribution >= 4 is 11.6 Å². The zero-order valence-electron chi connectivity index (χ0n) is 22.3. The number of rotatable bonds is 10. The summed E-state index contributed by atoms with van der Waals surface area (Å²) >= 11 is 0. The average Bonchev–Trinajstić information content (AvgIpc) is 3.59. The molecule has 0 saturated heterocycles. The SMILES string of the molecule is CCCCOc1ccc(-c2ccc(-n3cccc3C(=O)N(C)CCc3cn4ccccc4n3)cc2)c(C)c1. The molecule has 1 amide bonds. The minimum absolute atomic E-state index is 0.0163. The lowest BCUT2D eigenvalue weighted by atomic mass is 10.00. The zero-order valence-corrected chi connectivity index (χ0v) is 22.3. The van der Waals surface area contributed by atoms with Crippen molar-refractivity contribution < 1.29 is 9.53 Å². The van der Waals surface area contributed by atoms with Crippen molar-refractivity contribution in [3.05, 3.63) is 108 Å². The molecule has 6 nitrogen and oxygen atoms in total. The molecular weight excluding hydrogens is 472 g/mol. The molecule has 0 aliphatic heterocycles. The van der Waals surface area contributed by atoms with Crippen LogP contribution in [0.2, 0.25) is 0 Å². The zero-order chi connectivity index (χ0) is 26.5. The number of amides is 1. The number of fused-ring (bicyclic) bond motifs is 1. The van der Waals surface area contributed by atoms with Gasteiger partial charge in [-0.1, -0.05) is 37.6 Å². The van der Waals surface area contributed by atoms with Crippen LogP contribution in [0.5, 0.6) is 5.75 Å². The van der Waals surface area contributed by atoms with E-state index in [9.17, 15) is 4.79 Å². The van der Waals surface area contributed by atoms with E-state index in [2.05, 4.69) is 55.2 Å². The maximum Gasteiger partial charge on any atom is 0.270 e. The van der Waals surface area contributed by atoms with Crippen LogP contribution < -0.4 is 4.74 Å². The second-order valence-corrected chi connectivity index (χ2v) is 9.66. The number of nitrogens with zero attached hydrogens (tertiary/aromatic N) is 4. The van der Waals surface area contributed by atoms with Gasteiger partial charge in [0.15, 0.2) is 0 Å². The van der Waals surface area contributed by atoms with Crippen LogP contribution in [0, 0.1) is 6.92 Å². The molecule has 0 spiro atoms. The summed E-state index contributed by atoms with van der Waals surface area (Å²) in [5, 5.41) is 0. The van der Waals surface area contributed by atoms with Crippen LogP contribution in [-0.4, -0.2) is 45.0 Å². The number of aryl methyl sites for hydroxylation is 1. The van der Waals surface area contributed by atoms with Gasteiger partial charge in [0, 0.05) is 44.3 Å². The smallest absolute Gasteiger partial charge is 0.270 e. The maximum absolute atomic E-state index is 13.3. The summed E-state index contributed by atoms with van der Waals surface area (Å²) in [6.07, 6.45) is 8.82. The van der Waals surface area contributed by atoms with Gasteiger partial charge in [-0.2, -0.15) is 0 Å². The van der Waals surface area contributed by atoms with Crippen LogP contribution in [0.15, 0.2) is 91.4 Å². The van der Waals surface area contributed by atoms with Crippen LogP contribution >= 0.6 is 0 Å². The first-order chi connectivity index (χ1) is 18.5. The average molecular weight is 507 g/mol. The lowest BCUT2D eigenvalue weighted by Crippen LogP contribution is -2.30. The molecule has 38 heavy (non-hydrogen) atoms. The molecule has 0 unspecified atom stereocenters. The van der Waals surface area contributed by atoms with Gasteiger partial charge in [-0.05, 0) is 78.6 Å². The molecule has 3 aromatic heterocycles. The van der Waals surface area contributed by atoms with E-state index in [1.54, 1.807) is 4.90 Å². The van der Waals surface area contributed by atoms with Gasteiger partial charge in [-0.3, -0.25) is 4.79 Å². The van der Waals surface area contributed by atoms with Crippen LogP contribution in [0.25, 0.3) is 22.5 Å². The Morgan fingerprint density at radius 1 is 1.00 bits per heavy atom. The molecule has 5 rings (SSSR count). The molecule has 2 aromatic carbocycles. The number of carbonyl (C=O) groups is 1. The first-order valence-corrected chi connectivity index (χ1v) is 13.2. The molecule has 0 aliphatic rings. The lowest BCUT2D eigenvalue weighted by molar-refractivity contribution is 0.0788.